The summed E-state index contributed by atoms with van der Waals surface area (Å²) >= 11 is 0. The van der Waals surface area contributed by atoms with Crippen LogP contribution in [0, 0.1) is 5.92 Å². The van der Waals surface area contributed by atoms with Crippen LogP contribution in [0.25, 0.3) is 0 Å². The molecule has 0 aliphatic heterocycles. The Labute approximate surface area is 104 Å². The molecule has 0 aliphatic carbocycles. The van der Waals surface area contributed by atoms with Crippen LogP contribution in [-0.4, -0.2) is 42.9 Å². The summed E-state index contributed by atoms with van der Waals surface area (Å²) in [5.41, 5.74) is 5.47. The van der Waals surface area contributed by atoms with Crippen LogP contribution in [0.15, 0.2) is 0 Å². The van der Waals surface area contributed by atoms with Crippen molar-refractivity contribution in [2.75, 3.05) is 26.2 Å². The number of hydrogen-bond acceptors (Lipinski definition) is 3. The van der Waals surface area contributed by atoms with Gasteiger partial charge >= 0.3 is 0 Å². The molecule has 0 rings (SSSR count). The van der Waals surface area contributed by atoms with Crippen LogP contribution in [0.3, 0.4) is 0 Å². The highest BCUT2D eigenvalue weighted by atomic mass is 16.2. The molecule has 0 saturated heterocycles. The third-order valence-corrected chi connectivity index (χ3v) is 2.49. The van der Waals surface area contributed by atoms with Crippen LogP contribution >= 0.6 is 0 Å². The fourth-order valence-corrected chi connectivity index (χ4v) is 1.44. The second kappa shape index (κ2) is 8.98. The number of nitrogens with zero attached hydrogens (tertiary/aromatic N) is 1. The number of rotatable bonds is 8. The predicted octanol–water partition coefficient (Wildman–Crippen LogP) is 0.346. The van der Waals surface area contributed by atoms with Crippen molar-refractivity contribution < 1.29 is 9.59 Å². The Hall–Kier alpha value is -1.10. The van der Waals surface area contributed by atoms with Crippen molar-refractivity contribution in [3.8, 4) is 0 Å². The molecule has 0 aromatic heterocycles. The summed E-state index contributed by atoms with van der Waals surface area (Å²) in [5, 5.41) is 2.77. The molecule has 0 bridgehead atoms. The summed E-state index contributed by atoms with van der Waals surface area (Å²) in [5.74, 6) is -0.362. The summed E-state index contributed by atoms with van der Waals surface area (Å²) in [6.45, 7) is 7.47. The Balaban J connectivity index is 4.32. The van der Waals surface area contributed by atoms with E-state index in [0.717, 1.165) is 12.8 Å². The fraction of sp³-hybridized carbons (Fsp3) is 0.833. The molecular formula is C12H25N3O2. The van der Waals surface area contributed by atoms with E-state index >= 15 is 0 Å². The van der Waals surface area contributed by atoms with Gasteiger partial charge in [0, 0.05) is 25.6 Å². The lowest BCUT2D eigenvalue weighted by Crippen LogP contribution is -2.44. The van der Waals surface area contributed by atoms with Crippen molar-refractivity contribution in [2.24, 2.45) is 11.7 Å². The molecule has 5 heteroatoms. The maximum atomic E-state index is 11.9. The van der Waals surface area contributed by atoms with Crippen LogP contribution in [0.4, 0.5) is 0 Å². The lowest BCUT2D eigenvalue weighted by molar-refractivity contribution is -0.138. The number of carbonyl (C=O) groups is 2. The summed E-state index contributed by atoms with van der Waals surface area (Å²) in [6.07, 6.45) is 1.73. The number of carbonyl (C=O) groups excluding carboxylic acids is 2. The number of nitrogens with two attached hydrogens (primary N) is 1. The van der Waals surface area contributed by atoms with Gasteiger partial charge in [-0.2, -0.15) is 0 Å². The van der Waals surface area contributed by atoms with Crippen LogP contribution in [-0.2, 0) is 9.59 Å². The number of nitrogens with one attached hydrogen (secondary N) is 1. The molecule has 1 unspecified atom stereocenters. The summed E-state index contributed by atoms with van der Waals surface area (Å²) in [7, 11) is 0. The Morgan fingerprint density at radius 3 is 2.41 bits per heavy atom. The molecule has 0 heterocycles. The zero-order chi connectivity index (χ0) is 13.3. The monoisotopic (exact) mass is 243 g/mol. The maximum absolute atomic E-state index is 11.9. The zero-order valence-electron chi connectivity index (χ0n) is 11.2. The Morgan fingerprint density at radius 1 is 1.29 bits per heavy atom. The molecule has 0 aliphatic rings. The molecule has 1 atom stereocenters. The average molecular weight is 243 g/mol. The van der Waals surface area contributed by atoms with E-state index in [1.54, 1.807) is 11.8 Å². The molecule has 0 saturated carbocycles. The van der Waals surface area contributed by atoms with Crippen molar-refractivity contribution >= 4 is 11.8 Å². The highest BCUT2D eigenvalue weighted by molar-refractivity contribution is 5.85. The van der Waals surface area contributed by atoms with Crippen LogP contribution in [0.5, 0.6) is 0 Å². The van der Waals surface area contributed by atoms with Gasteiger partial charge in [-0.25, -0.2) is 0 Å². The molecule has 0 fully saturated rings. The molecular weight excluding hydrogens is 218 g/mol. The van der Waals surface area contributed by atoms with Crippen LogP contribution in [0.1, 0.15) is 33.6 Å². The maximum Gasteiger partial charge on any atom is 0.239 e. The largest absolute Gasteiger partial charge is 0.355 e. The fourth-order valence-electron chi connectivity index (χ4n) is 1.44. The lowest BCUT2D eigenvalue weighted by atomic mass is 10.1. The van der Waals surface area contributed by atoms with E-state index in [4.69, 9.17) is 5.73 Å². The van der Waals surface area contributed by atoms with Gasteiger partial charge < -0.3 is 16.0 Å². The van der Waals surface area contributed by atoms with E-state index in [0.29, 0.717) is 19.6 Å². The van der Waals surface area contributed by atoms with Gasteiger partial charge in [0.1, 0.15) is 0 Å². The highest BCUT2D eigenvalue weighted by Crippen LogP contribution is 2.02. The molecule has 5 nitrogen and oxygen atoms in total. The van der Waals surface area contributed by atoms with Gasteiger partial charge in [0.25, 0.3) is 0 Å². The van der Waals surface area contributed by atoms with Crippen molar-refractivity contribution in [1.82, 2.24) is 10.2 Å². The van der Waals surface area contributed by atoms with Gasteiger partial charge in [-0.3, -0.25) is 9.59 Å². The topological polar surface area (TPSA) is 75.4 Å². The first-order valence-electron chi connectivity index (χ1n) is 6.32. The van der Waals surface area contributed by atoms with Crippen molar-refractivity contribution in [1.29, 1.82) is 0 Å². The Bertz CT molecular complexity index is 244. The average Bonchev–Trinajstić information content (AvgIpc) is 2.33. The second-order valence-corrected chi connectivity index (χ2v) is 4.25. The molecule has 0 spiro atoms. The molecule has 3 N–H and O–H groups in total. The summed E-state index contributed by atoms with van der Waals surface area (Å²) < 4.78 is 0. The second-order valence-electron chi connectivity index (χ2n) is 4.25. The molecule has 0 radical (unpaired) electrons. The lowest BCUT2D eigenvalue weighted by Gasteiger charge is -2.24. The minimum atomic E-state index is -0.222. The number of hydrogen-bond donors (Lipinski definition) is 2. The van der Waals surface area contributed by atoms with Gasteiger partial charge in [-0.05, 0) is 12.8 Å². The van der Waals surface area contributed by atoms with Crippen molar-refractivity contribution in [3.63, 3.8) is 0 Å². The van der Waals surface area contributed by atoms with E-state index in [9.17, 15) is 9.59 Å². The molecule has 0 aromatic carbocycles. The minimum absolute atomic E-state index is 0.0407. The van der Waals surface area contributed by atoms with Crippen molar-refractivity contribution in [3.05, 3.63) is 0 Å². The SMILES string of the molecule is CCCNC(=O)CN(CCC)C(=O)C(C)CN. The first-order chi connectivity index (χ1) is 8.06. The van der Waals surface area contributed by atoms with E-state index in [1.807, 2.05) is 13.8 Å². The normalized spacial score (nSPS) is 12.0. The predicted molar refractivity (Wildman–Crippen MR) is 68.4 cm³/mol. The van der Waals surface area contributed by atoms with Crippen LogP contribution < -0.4 is 11.1 Å². The zero-order valence-corrected chi connectivity index (χ0v) is 11.2. The van der Waals surface area contributed by atoms with Gasteiger partial charge in [-0.15, -0.1) is 0 Å². The summed E-state index contributed by atoms with van der Waals surface area (Å²) in [4.78, 5) is 25.1. The first kappa shape index (κ1) is 15.9. The molecule has 0 aromatic rings. The van der Waals surface area contributed by atoms with Crippen molar-refractivity contribution in [2.45, 2.75) is 33.6 Å². The number of amides is 2. The smallest absolute Gasteiger partial charge is 0.239 e. The van der Waals surface area contributed by atoms with Gasteiger partial charge in [-0.1, -0.05) is 20.8 Å². The first-order valence-corrected chi connectivity index (χ1v) is 6.32. The Kier molecular flexibility index (Phi) is 8.40. The van der Waals surface area contributed by atoms with E-state index in [-0.39, 0.29) is 24.3 Å². The minimum Gasteiger partial charge on any atom is -0.355 e. The van der Waals surface area contributed by atoms with Gasteiger partial charge in [0.05, 0.1) is 6.54 Å². The van der Waals surface area contributed by atoms with E-state index < -0.39 is 0 Å². The molecule has 17 heavy (non-hydrogen) atoms. The molecule has 2 amide bonds. The summed E-state index contributed by atoms with van der Waals surface area (Å²) in [6, 6.07) is 0. The standard InChI is InChI=1S/C12H25N3O2/c1-4-6-14-11(16)9-15(7-5-2)12(17)10(3)8-13/h10H,4-9,13H2,1-3H3,(H,14,16). The highest BCUT2D eigenvalue weighted by Gasteiger charge is 2.20. The van der Waals surface area contributed by atoms with E-state index in [2.05, 4.69) is 5.32 Å². The molecule has 100 valence electrons. The third-order valence-electron chi connectivity index (χ3n) is 2.49. The van der Waals surface area contributed by atoms with Gasteiger partial charge in [0.15, 0.2) is 0 Å². The van der Waals surface area contributed by atoms with Gasteiger partial charge in [0.2, 0.25) is 11.8 Å². The van der Waals surface area contributed by atoms with E-state index in [1.165, 1.54) is 0 Å². The quantitative estimate of drug-likeness (QED) is 0.646. The van der Waals surface area contributed by atoms with Crippen LogP contribution in [0.2, 0.25) is 0 Å². The third kappa shape index (κ3) is 6.26. The Morgan fingerprint density at radius 2 is 1.94 bits per heavy atom.